The number of aryl methyl sites for hydroxylation is 1. The molecule has 3 heterocycles. The zero-order chi connectivity index (χ0) is 22.3. The molecule has 0 spiro atoms. The second-order valence-corrected chi connectivity index (χ2v) is 9.29. The van der Waals surface area contributed by atoms with Crippen molar-refractivity contribution >= 4 is 47.0 Å². The third-order valence-electron chi connectivity index (χ3n) is 3.99. The molecule has 9 nitrogen and oxygen atoms in total. The molecule has 0 aliphatic rings. The molecule has 32 heavy (non-hydrogen) atoms. The number of rotatable bonds is 8. The largest absolute Gasteiger partial charge is 0.309 e. The van der Waals surface area contributed by atoms with Gasteiger partial charge in [0.25, 0.3) is 0 Å². The highest BCUT2D eigenvalue weighted by molar-refractivity contribution is 7.99. The molecule has 4 aromatic rings. The molecule has 0 bridgehead atoms. The van der Waals surface area contributed by atoms with Crippen LogP contribution in [0.5, 0.6) is 0 Å². The monoisotopic (exact) mass is 482 g/mol. The van der Waals surface area contributed by atoms with Crippen molar-refractivity contribution in [3.63, 3.8) is 0 Å². The molecule has 4 rings (SSSR count). The van der Waals surface area contributed by atoms with Gasteiger partial charge in [0, 0.05) is 22.2 Å². The van der Waals surface area contributed by atoms with Crippen LogP contribution in [-0.2, 0) is 11.2 Å². The van der Waals surface area contributed by atoms with E-state index in [1.807, 2.05) is 25.3 Å². The van der Waals surface area contributed by atoms with Crippen LogP contribution in [0.1, 0.15) is 11.5 Å². The average molecular weight is 483 g/mol. The zero-order valence-corrected chi connectivity index (χ0v) is 19.6. The first kappa shape index (κ1) is 22.2. The minimum Gasteiger partial charge on any atom is -0.309 e. The fourth-order valence-corrected chi connectivity index (χ4v) is 4.53. The van der Waals surface area contributed by atoms with Gasteiger partial charge in [-0.2, -0.15) is 0 Å². The molecule has 3 aromatic heterocycles. The van der Waals surface area contributed by atoms with Gasteiger partial charge in [0.2, 0.25) is 11.1 Å². The zero-order valence-electron chi connectivity index (χ0n) is 17.1. The van der Waals surface area contributed by atoms with E-state index in [1.165, 1.54) is 40.8 Å². The SMILES string of the molecule is CSc1ccc(Sc2ncc(Sc3n[nH]c(C)n3)nc2CC(=O)Nc2cnccn2)cc1. The summed E-state index contributed by atoms with van der Waals surface area (Å²) >= 11 is 4.43. The van der Waals surface area contributed by atoms with Crippen molar-refractivity contribution in [1.29, 1.82) is 0 Å². The van der Waals surface area contributed by atoms with E-state index in [0.29, 0.717) is 32.5 Å². The van der Waals surface area contributed by atoms with Gasteiger partial charge in [0.05, 0.1) is 24.5 Å². The van der Waals surface area contributed by atoms with Crippen LogP contribution in [0.25, 0.3) is 0 Å². The molecular weight excluding hydrogens is 464 g/mol. The Labute approximate surface area is 197 Å². The van der Waals surface area contributed by atoms with Crippen molar-refractivity contribution in [1.82, 2.24) is 35.1 Å². The lowest BCUT2D eigenvalue weighted by atomic mass is 10.3. The van der Waals surface area contributed by atoms with Gasteiger partial charge in [-0.15, -0.1) is 16.9 Å². The van der Waals surface area contributed by atoms with Gasteiger partial charge in [0.1, 0.15) is 15.9 Å². The third kappa shape index (κ3) is 6.05. The van der Waals surface area contributed by atoms with E-state index in [4.69, 9.17) is 0 Å². The van der Waals surface area contributed by atoms with Gasteiger partial charge in [-0.05, 0) is 49.2 Å². The molecule has 0 saturated heterocycles. The Balaban J connectivity index is 1.57. The van der Waals surface area contributed by atoms with E-state index in [-0.39, 0.29) is 12.3 Å². The Morgan fingerprint density at radius 3 is 2.53 bits per heavy atom. The molecule has 0 aliphatic heterocycles. The Kier molecular flexibility index (Phi) is 7.35. The maximum Gasteiger partial charge on any atom is 0.231 e. The number of benzene rings is 1. The van der Waals surface area contributed by atoms with Gasteiger partial charge in [-0.3, -0.25) is 14.9 Å². The number of thioether (sulfide) groups is 1. The number of nitrogens with one attached hydrogen (secondary N) is 2. The van der Waals surface area contributed by atoms with Crippen molar-refractivity contribution in [2.45, 2.75) is 38.3 Å². The van der Waals surface area contributed by atoms with Crippen LogP contribution in [0.15, 0.2) is 74.1 Å². The van der Waals surface area contributed by atoms with Gasteiger partial charge in [-0.25, -0.2) is 19.9 Å². The van der Waals surface area contributed by atoms with Gasteiger partial charge < -0.3 is 5.32 Å². The molecular formula is C20H18N8OS3. The lowest BCUT2D eigenvalue weighted by Crippen LogP contribution is -2.17. The summed E-state index contributed by atoms with van der Waals surface area (Å²) in [7, 11) is 0. The Morgan fingerprint density at radius 1 is 1.03 bits per heavy atom. The van der Waals surface area contributed by atoms with E-state index >= 15 is 0 Å². The number of hydrogen-bond donors (Lipinski definition) is 2. The molecule has 2 N–H and O–H groups in total. The summed E-state index contributed by atoms with van der Waals surface area (Å²) in [5, 5.41) is 11.5. The summed E-state index contributed by atoms with van der Waals surface area (Å²) in [6.07, 6.45) is 8.29. The van der Waals surface area contributed by atoms with Crippen molar-refractivity contribution in [2.75, 3.05) is 11.6 Å². The van der Waals surface area contributed by atoms with Crippen LogP contribution in [0.4, 0.5) is 5.82 Å². The number of nitrogens with zero attached hydrogens (tertiary/aromatic N) is 6. The first-order chi connectivity index (χ1) is 15.6. The van der Waals surface area contributed by atoms with Crippen molar-refractivity contribution in [3.05, 3.63) is 60.6 Å². The van der Waals surface area contributed by atoms with Gasteiger partial charge in [-0.1, -0.05) is 11.8 Å². The minimum absolute atomic E-state index is 0.0379. The van der Waals surface area contributed by atoms with E-state index in [0.717, 1.165) is 4.90 Å². The van der Waals surface area contributed by atoms with E-state index in [1.54, 1.807) is 24.2 Å². The summed E-state index contributed by atoms with van der Waals surface area (Å²) < 4.78 is 0. The summed E-state index contributed by atoms with van der Waals surface area (Å²) in [6.45, 7) is 1.83. The van der Waals surface area contributed by atoms with E-state index in [2.05, 4.69) is 52.6 Å². The van der Waals surface area contributed by atoms with Crippen molar-refractivity contribution < 1.29 is 4.79 Å². The Bertz CT molecular complexity index is 1200. The standard InChI is InChI=1S/C20H18N8OS3/c1-12-24-20(28-27-12)32-18-11-23-19(31-14-5-3-13(30-2)4-6-14)15(25-18)9-17(29)26-16-10-21-7-8-22-16/h3-8,10-11H,9H2,1-2H3,(H,22,26,29)(H,24,27,28). The van der Waals surface area contributed by atoms with Crippen LogP contribution in [0.3, 0.4) is 0 Å². The van der Waals surface area contributed by atoms with Crippen molar-refractivity contribution in [3.8, 4) is 0 Å². The minimum atomic E-state index is -0.254. The molecule has 1 aromatic carbocycles. The van der Waals surface area contributed by atoms with Gasteiger partial charge in [0.15, 0.2) is 5.82 Å². The smallest absolute Gasteiger partial charge is 0.231 e. The van der Waals surface area contributed by atoms with Crippen LogP contribution < -0.4 is 5.32 Å². The summed E-state index contributed by atoms with van der Waals surface area (Å²) in [4.78, 5) is 36.4. The quantitative estimate of drug-likeness (QED) is 0.357. The highest BCUT2D eigenvalue weighted by Crippen LogP contribution is 2.32. The molecule has 1 amide bonds. The molecule has 0 radical (unpaired) electrons. The topological polar surface area (TPSA) is 122 Å². The highest BCUT2D eigenvalue weighted by Gasteiger charge is 2.16. The summed E-state index contributed by atoms with van der Waals surface area (Å²) in [6, 6.07) is 8.16. The fraction of sp³-hybridized carbons (Fsp3) is 0.150. The predicted octanol–water partition coefficient (Wildman–Crippen LogP) is 3.90. The summed E-state index contributed by atoms with van der Waals surface area (Å²) in [5.41, 5.74) is 0.558. The maximum absolute atomic E-state index is 12.6. The number of hydrogen-bond acceptors (Lipinski definition) is 10. The first-order valence-electron chi connectivity index (χ1n) is 9.39. The summed E-state index contributed by atoms with van der Waals surface area (Å²) in [5.74, 6) is 0.842. The number of aromatic amines is 1. The third-order valence-corrected chi connectivity index (χ3v) is 6.55. The van der Waals surface area contributed by atoms with Crippen LogP contribution in [0, 0.1) is 6.92 Å². The first-order valence-corrected chi connectivity index (χ1v) is 12.3. The maximum atomic E-state index is 12.6. The molecule has 0 saturated carbocycles. The number of aromatic nitrogens is 7. The molecule has 0 fully saturated rings. The molecule has 0 atom stereocenters. The number of H-pyrrole nitrogens is 1. The van der Waals surface area contributed by atoms with Crippen LogP contribution in [-0.4, -0.2) is 47.3 Å². The average Bonchev–Trinajstić information content (AvgIpc) is 3.21. The predicted molar refractivity (Wildman–Crippen MR) is 124 cm³/mol. The number of anilines is 1. The Morgan fingerprint density at radius 2 is 1.84 bits per heavy atom. The normalized spacial score (nSPS) is 10.8. The number of carbonyl (C=O) groups excluding carboxylic acids is 1. The van der Waals surface area contributed by atoms with Crippen LogP contribution >= 0.6 is 35.3 Å². The highest BCUT2D eigenvalue weighted by atomic mass is 32.2. The van der Waals surface area contributed by atoms with Gasteiger partial charge >= 0.3 is 0 Å². The number of amides is 1. The molecule has 12 heteroatoms. The lowest BCUT2D eigenvalue weighted by molar-refractivity contribution is -0.115. The number of carbonyl (C=O) groups is 1. The molecule has 0 aliphatic carbocycles. The fourth-order valence-electron chi connectivity index (χ4n) is 2.57. The Hall–Kier alpha value is -2.96. The van der Waals surface area contributed by atoms with E-state index in [9.17, 15) is 4.79 Å². The second-order valence-electron chi connectivity index (χ2n) is 6.36. The van der Waals surface area contributed by atoms with Crippen molar-refractivity contribution in [2.24, 2.45) is 0 Å². The van der Waals surface area contributed by atoms with Crippen LogP contribution in [0.2, 0.25) is 0 Å². The second kappa shape index (κ2) is 10.6. The lowest BCUT2D eigenvalue weighted by Gasteiger charge is -2.10. The molecule has 0 unspecified atom stereocenters. The molecule has 162 valence electrons. The van der Waals surface area contributed by atoms with E-state index < -0.39 is 0 Å².